The van der Waals surface area contributed by atoms with E-state index in [0.717, 1.165) is 18.5 Å². The summed E-state index contributed by atoms with van der Waals surface area (Å²) in [6, 6.07) is 5.52. The van der Waals surface area contributed by atoms with Crippen LogP contribution >= 0.6 is 23.2 Å². The molecule has 1 saturated heterocycles. The minimum atomic E-state index is -0.335. The van der Waals surface area contributed by atoms with Crippen molar-refractivity contribution in [3.63, 3.8) is 0 Å². The molecule has 1 aromatic carbocycles. The van der Waals surface area contributed by atoms with E-state index in [2.05, 4.69) is 4.90 Å². The van der Waals surface area contributed by atoms with E-state index in [-0.39, 0.29) is 16.2 Å². The fourth-order valence-electron chi connectivity index (χ4n) is 2.80. The fourth-order valence-corrected chi connectivity index (χ4v) is 3.19. The summed E-state index contributed by atoms with van der Waals surface area (Å²) in [5.74, 6) is -0.335. The van der Waals surface area contributed by atoms with Crippen LogP contribution in [0, 0.1) is 5.82 Å². The molecular formula is C15H20Cl2FN. The van der Waals surface area contributed by atoms with Crippen LogP contribution in [0.2, 0.25) is 5.02 Å². The number of hydrogen-bond acceptors (Lipinski definition) is 1. The zero-order valence-corrected chi connectivity index (χ0v) is 12.7. The van der Waals surface area contributed by atoms with E-state index >= 15 is 0 Å². The van der Waals surface area contributed by atoms with Crippen LogP contribution in [-0.4, -0.2) is 22.9 Å². The maximum atomic E-state index is 13.5. The Kier molecular flexibility index (Phi) is 5.49. The van der Waals surface area contributed by atoms with Gasteiger partial charge in [0.2, 0.25) is 0 Å². The standard InChI is InChI=1S/C15H20Cl2FN/c1-11(16)9-13-6-2-3-8-19(13)10-12-5-4-7-14(18)15(12)17/h4-5,7,11,13H,2-3,6,8-10H2,1H3. The third-order valence-electron chi connectivity index (χ3n) is 3.75. The molecule has 1 nitrogen and oxygen atoms in total. The number of hydrogen-bond donors (Lipinski definition) is 0. The molecule has 0 saturated carbocycles. The topological polar surface area (TPSA) is 3.24 Å². The van der Waals surface area contributed by atoms with Crippen LogP contribution in [0.4, 0.5) is 4.39 Å². The predicted octanol–water partition coefficient (Wildman–Crippen LogP) is 4.85. The van der Waals surface area contributed by atoms with Crippen LogP contribution in [0.15, 0.2) is 18.2 Å². The Morgan fingerprint density at radius 2 is 2.21 bits per heavy atom. The summed E-state index contributed by atoms with van der Waals surface area (Å²) in [6.07, 6.45) is 4.60. The molecule has 1 fully saturated rings. The normalized spacial score (nSPS) is 22.4. The first-order valence-electron chi connectivity index (χ1n) is 6.89. The van der Waals surface area contributed by atoms with Gasteiger partial charge >= 0.3 is 0 Å². The summed E-state index contributed by atoms with van der Waals surface area (Å²) in [7, 11) is 0. The molecule has 2 unspecified atom stereocenters. The largest absolute Gasteiger partial charge is 0.296 e. The van der Waals surface area contributed by atoms with Gasteiger partial charge in [0.15, 0.2) is 0 Å². The van der Waals surface area contributed by atoms with Gasteiger partial charge in [-0.15, -0.1) is 11.6 Å². The number of halogens is 3. The van der Waals surface area contributed by atoms with Gasteiger partial charge in [0, 0.05) is 18.0 Å². The zero-order valence-electron chi connectivity index (χ0n) is 11.2. The minimum Gasteiger partial charge on any atom is -0.296 e. The van der Waals surface area contributed by atoms with Crippen molar-refractivity contribution in [2.45, 2.75) is 50.6 Å². The summed E-state index contributed by atoms with van der Waals surface area (Å²) in [4.78, 5) is 2.39. The monoisotopic (exact) mass is 303 g/mol. The van der Waals surface area contributed by atoms with E-state index in [1.54, 1.807) is 6.07 Å². The molecule has 0 N–H and O–H groups in total. The maximum Gasteiger partial charge on any atom is 0.142 e. The molecule has 0 aromatic heterocycles. The third kappa shape index (κ3) is 4.08. The molecule has 0 bridgehead atoms. The molecule has 0 radical (unpaired) electrons. The Labute approximate surface area is 124 Å². The number of alkyl halides is 1. The molecule has 4 heteroatoms. The third-order valence-corrected chi connectivity index (χ3v) is 4.35. The van der Waals surface area contributed by atoms with Crippen molar-refractivity contribution in [1.82, 2.24) is 4.90 Å². The van der Waals surface area contributed by atoms with Gasteiger partial charge in [-0.05, 0) is 44.4 Å². The van der Waals surface area contributed by atoms with E-state index in [1.807, 2.05) is 13.0 Å². The quantitative estimate of drug-likeness (QED) is 0.719. The summed E-state index contributed by atoms with van der Waals surface area (Å²) in [6.45, 7) is 3.79. The fraction of sp³-hybridized carbons (Fsp3) is 0.600. The highest BCUT2D eigenvalue weighted by molar-refractivity contribution is 6.31. The van der Waals surface area contributed by atoms with Crippen molar-refractivity contribution in [1.29, 1.82) is 0 Å². The lowest BCUT2D eigenvalue weighted by atomic mass is 9.97. The van der Waals surface area contributed by atoms with Crippen LogP contribution < -0.4 is 0 Å². The van der Waals surface area contributed by atoms with Crippen molar-refractivity contribution in [3.05, 3.63) is 34.6 Å². The van der Waals surface area contributed by atoms with Crippen LogP contribution in [0.1, 0.15) is 38.2 Å². The summed E-state index contributed by atoms with van der Waals surface area (Å²) < 4.78 is 13.5. The number of piperidine rings is 1. The molecule has 106 valence electrons. The molecule has 2 rings (SSSR count). The molecular weight excluding hydrogens is 284 g/mol. The Hall–Kier alpha value is -0.310. The average molecular weight is 304 g/mol. The Bertz CT molecular complexity index is 423. The highest BCUT2D eigenvalue weighted by atomic mass is 35.5. The Morgan fingerprint density at radius 3 is 2.95 bits per heavy atom. The smallest absolute Gasteiger partial charge is 0.142 e. The van der Waals surface area contributed by atoms with Gasteiger partial charge in [0.25, 0.3) is 0 Å². The first-order chi connectivity index (χ1) is 9.08. The number of nitrogens with zero attached hydrogens (tertiary/aromatic N) is 1. The van der Waals surface area contributed by atoms with Crippen molar-refractivity contribution in [2.75, 3.05) is 6.54 Å². The second kappa shape index (κ2) is 6.92. The molecule has 1 aliphatic heterocycles. The van der Waals surface area contributed by atoms with Crippen LogP contribution in [0.5, 0.6) is 0 Å². The lowest BCUT2D eigenvalue weighted by molar-refractivity contribution is 0.132. The zero-order chi connectivity index (χ0) is 13.8. The van der Waals surface area contributed by atoms with Crippen LogP contribution in [-0.2, 0) is 6.54 Å². The van der Waals surface area contributed by atoms with E-state index in [1.165, 1.54) is 25.3 Å². The highest BCUT2D eigenvalue weighted by Gasteiger charge is 2.24. The minimum absolute atomic E-state index is 0.175. The lowest BCUT2D eigenvalue weighted by Gasteiger charge is -2.36. The SMILES string of the molecule is CC(Cl)CC1CCCCN1Cc1cccc(F)c1Cl. The molecule has 0 aliphatic carbocycles. The van der Waals surface area contributed by atoms with E-state index in [4.69, 9.17) is 23.2 Å². The molecule has 1 aliphatic rings. The summed E-state index contributed by atoms with van der Waals surface area (Å²) in [5, 5.41) is 0.430. The second-order valence-corrected chi connectivity index (χ2v) is 6.47. The summed E-state index contributed by atoms with van der Waals surface area (Å²) >= 11 is 12.2. The predicted molar refractivity (Wildman–Crippen MR) is 79.4 cm³/mol. The highest BCUT2D eigenvalue weighted by Crippen LogP contribution is 2.27. The molecule has 1 aromatic rings. The van der Waals surface area contributed by atoms with Gasteiger partial charge in [-0.2, -0.15) is 0 Å². The van der Waals surface area contributed by atoms with Crippen LogP contribution in [0.3, 0.4) is 0 Å². The molecule has 0 spiro atoms. The second-order valence-electron chi connectivity index (χ2n) is 5.35. The number of likely N-dealkylation sites (tertiary alicyclic amines) is 1. The first kappa shape index (κ1) is 15.1. The van der Waals surface area contributed by atoms with Gasteiger partial charge in [-0.3, -0.25) is 4.90 Å². The molecule has 2 atom stereocenters. The van der Waals surface area contributed by atoms with Crippen LogP contribution in [0.25, 0.3) is 0 Å². The number of benzene rings is 1. The van der Waals surface area contributed by atoms with Crippen molar-refractivity contribution in [3.8, 4) is 0 Å². The van der Waals surface area contributed by atoms with E-state index < -0.39 is 0 Å². The number of rotatable bonds is 4. The Morgan fingerprint density at radius 1 is 1.42 bits per heavy atom. The lowest BCUT2D eigenvalue weighted by Crippen LogP contribution is -2.40. The Balaban J connectivity index is 2.08. The van der Waals surface area contributed by atoms with Gasteiger partial charge in [-0.25, -0.2) is 4.39 Å². The first-order valence-corrected chi connectivity index (χ1v) is 7.70. The van der Waals surface area contributed by atoms with E-state index in [0.29, 0.717) is 12.6 Å². The van der Waals surface area contributed by atoms with Gasteiger partial charge in [0.1, 0.15) is 5.82 Å². The summed E-state index contributed by atoms with van der Waals surface area (Å²) in [5.41, 5.74) is 0.871. The maximum absolute atomic E-state index is 13.5. The van der Waals surface area contributed by atoms with Gasteiger partial charge in [0.05, 0.1) is 5.02 Å². The van der Waals surface area contributed by atoms with Gasteiger partial charge < -0.3 is 0 Å². The van der Waals surface area contributed by atoms with Crippen molar-refractivity contribution < 1.29 is 4.39 Å². The average Bonchev–Trinajstić information content (AvgIpc) is 2.36. The molecule has 1 heterocycles. The van der Waals surface area contributed by atoms with Gasteiger partial charge in [-0.1, -0.05) is 30.2 Å². The molecule has 0 amide bonds. The van der Waals surface area contributed by atoms with Crippen molar-refractivity contribution in [2.24, 2.45) is 0 Å². The van der Waals surface area contributed by atoms with E-state index in [9.17, 15) is 4.39 Å². The molecule has 19 heavy (non-hydrogen) atoms. The van der Waals surface area contributed by atoms with Crippen molar-refractivity contribution >= 4 is 23.2 Å².